The van der Waals surface area contributed by atoms with Gasteiger partial charge in [0.05, 0.1) is 34.4 Å². The van der Waals surface area contributed by atoms with Gasteiger partial charge in [0.25, 0.3) is 0 Å². The first kappa shape index (κ1) is 67.6. The Morgan fingerprint density at radius 3 is 1.15 bits per heavy atom. The lowest BCUT2D eigenvalue weighted by molar-refractivity contribution is -0.870. The zero-order valence-electron chi connectivity index (χ0n) is 45.9. The van der Waals surface area contributed by atoms with Crippen LogP contribution in [-0.2, 0) is 27.9 Å². The van der Waals surface area contributed by atoms with Crippen molar-refractivity contribution in [3.63, 3.8) is 0 Å². The van der Waals surface area contributed by atoms with Crippen molar-refractivity contribution < 1.29 is 37.3 Å². The van der Waals surface area contributed by atoms with Crippen molar-refractivity contribution in [2.45, 2.75) is 200 Å². The predicted octanol–water partition coefficient (Wildman–Crippen LogP) is 17.8. The van der Waals surface area contributed by atoms with Crippen LogP contribution in [0.25, 0.3) is 0 Å². The number of likely N-dealkylation sites (N-methyl/N-ethyl adjacent to an activating group) is 1. The Morgan fingerprint density at radius 2 is 0.775 bits per heavy atom. The zero-order chi connectivity index (χ0) is 51.9. The summed E-state index contributed by atoms with van der Waals surface area (Å²) in [5, 5.41) is 0. The smallest absolute Gasteiger partial charge is 0.457 e. The summed E-state index contributed by atoms with van der Waals surface area (Å²) >= 11 is 0. The van der Waals surface area contributed by atoms with Gasteiger partial charge in [0, 0.05) is 13.0 Å². The van der Waals surface area contributed by atoms with E-state index in [1.54, 1.807) is 0 Å². The number of phosphoric acid groups is 1. The quantitative estimate of drug-likeness (QED) is 0.0213. The average molecular weight is 1010 g/mol. The Balaban J connectivity index is 4.21. The average Bonchev–Trinajstić information content (AvgIpc) is 3.33. The van der Waals surface area contributed by atoms with Crippen LogP contribution in [0, 0.1) is 0 Å². The number of hydrogen-bond donors (Lipinski definition) is 1. The molecule has 0 bridgehead atoms. The standard InChI is InChI=1S/C62H104NO7P/c1-6-8-10-12-14-16-18-20-22-24-26-28-30-32-33-35-37-39-41-43-45-47-49-51-53-55-62(64)70-61(60-69-71(65,66)68-58-56-63(3,4)5)59-67-57-54-52-50-48-46-44-42-40-38-36-34-31-29-27-25-23-21-19-17-15-13-11-9-7-2/h8-11,14-17,20-23,26-29,32-34,36-37,39,61H,6-7,12-13,18-19,24-25,30-31,35,38,40-60H2,1-5H3/p+1/b10-8-,11-9-,16-14-,17-15-,22-20-,23-21-,28-26-,29-27-,33-32-,36-34-,39-37-. The van der Waals surface area contributed by atoms with Gasteiger partial charge >= 0.3 is 13.8 Å². The molecule has 0 aromatic carbocycles. The minimum absolute atomic E-state index is 0.0752. The van der Waals surface area contributed by atoms with Gasteiger partial charge in [0.2, 0.25) is 0 Å². The van der Waals surface area contributed by atoms with Gasteiger partial charge in [0.15, 0.2) is 0 Å². The molecule has 0 aromatic rings. The van der Waals surface area contributed by atoms with Gasteiger partial charge in [-0.1, -0.05) is 212 Å². The van der Waals surface area contributed by atoms with Crippen molar-refractivity contribution in [1.82, 2.24) is 0 Å². The van der Waals surface area contributed by atoms with Crippen molar-refractivity contribution in [3.8, 4) is 0 Å². The molecular weight excluding hydrogens is 902 g/mol. The summed E-state index contributed by atoms with van der Waals surface area (Å²) in [6.45, 7) is 5.33. The number of phosphoric ester groups is 1. The van der Waals surface area contributed by atoms with Crippen LogP contribution in [0.15, 0.2) is 134 Å². The number of quaternary nitrogens is 1. The van der Waals surface area contributed by atoms with E-state index < -0.39 is 13.9 Å². The molecule has 0 rings (SSSR count). The number of carbonyl (C=O) groups excluding carboxylic acids is 1. The SMILES string of the molecule is CC/C=C\C/C=C\C/C=C\C/C=C\C/C=C\C/C=C\CCCCCCCCC(=O)OC(COCCCCCCCCCC/C=C\C/C=C\C/C=C\C/C=C\C/C=C\CC)COP(=O)(O)OCC[N+](C)(C)C. The Bertz CT molecular complexity index is 1590. The first-order valence-electron chi connectivity index (χ1n) is 27.9. The van der Waals surface area contributed by atoms with E-state index in [0.717, 1.165) is 122 Å². The molecule has 71 heavy (non-hydrogen) atoms. The van der Waals surface area contributed by atoms with Crippen LogP contribution >= 0.6 is 7.82 Å². The van der Waals surface area contributed by atoms with Crippen molar-refractivity contribution in [3.05, 3.63) is 134 Å². The molecule has 0 aliphatic carbocycles. The molecule has 0 spiro atoms. The fourth-order valence-corrected chi connectivity index (χ4v) is 7.74. The summed E-state index contributed by atoms with van der Waals surface area (Å²) in [6, 6.07) is 0. The molecule has 0 aliphatic heterocycles. The van der Waals surface area contributed by atoms with Gasteiger partial charge in [-0.05, 0) is 109 Å². The molecular formula is C62H105NO7P+. The maximum Gasteiger partial charge on any atom is 0.472 e. The molecule has 0 aromatic heterocycles. The molecule has 0 saturated carbocycles. The van der Waals surface area contributed by atoms with Crippen LogP contribution in [0.5, 0.6) is 0 Å². The largest absolute Gasteiger partial charge is 0.472 e. The summed E-state index contributed by atoms with van der Waals surface area (Å²) in [5.41, 5.74) is 0. The van der Waals surface area contributed by atoms with Crippen molar-refractivity contribution in [2.24, 2.45) is 0 Å². The molecule has 9 heteroatoms. The first-order valence-corrected chi connectivity index (χ1v) is 29.4. The van der Waals surface area contributed by atoms with Gasteiger partial charge < -0.3 is 18.9 Å². The summed E-state index contributed by atoms with van der Waals surface area (Å²) in [7, 11) is 1.63. The molecule has 0 heterocycles. The van der Waals surface area contributed by atoms with Crippen LogP contribution in [-0.4, -0.2) is 75.6 Å². The van der Waals surface area contributed by atoms with Gasteiger partial charge in [-0.2, -0.15) is 0 Å². The molecule has 404 valence electrons. The highest BCUT2D eigenvalue weighted by Crippen LogP contribution is 2.43. The highest BCUT2D eigenvalue weighted by atomic mass is 31.2. The number of unbranched alkanes of at least 4 members (excludes halogenated alkanes) is 14. The topological polar surface area (TPSA) is 91.3 Å². The fraction of sp³-hybridized carbons (Fsp3) is 0.629. The molecule has 8 nitrogen and oxygen atoms in total. The monoisotopic (exact) mass is 1010 g/mol. The second-order valence-electron chi connectivity index (χ2n) is 19.2. The third kappa shape index (κ3) is 57.4. The van der Waals surface area contributed by atoms with Crippen molar-refractivity contribution >= 4 is 13.8 Å². The summed E-state index contributed by atoms with van der Waals surface area (Å²) in [6.07, 6.45) is 77.9. The van der Waals surface area contributed by atoms with Gasteiger partial charge in [-0.25, -0.2) is 4.57 Å². The molecule has 2 unspecified atom stereocenters. The molecule has 1 N–H and O–H groups in total. The van der Waals surface area contributed by atoms with Gasteiger partial charge in [-0.3, -0.25) is 13.8 Å². The highest BCUT2D eigenvalue weighted by Gasteiger charge is 2.26. The summed E-state index contributed by atoms with van der Waals surface area (Å²) in [5.74, 6) is -0.337. The van der Waals surface area contributed by atoms with Crippen LogP contribution in [0.3, 0.4) is 0 Å². The van der Waals surface area contributed by atoms with Gasteiger partial charge in [-0.15, -0.1) is 0 Å². The van der Waals surface area contributed by atoms with E-state index in [2.05, 4.69) is 148 Å². The van der Waals surface area contributed by atoms with Crippen LogP contribution in [0.1, 0.15) is 194 Å². The predicted molar refractivity (Wildman–Crippen MR) is 306 cm³/mol. The lowest BCUT2D eigenvalue weighted by atomic mass is 10.1. The lowest BCUT2D eigenvalue weighted by Gasteiger charge is -2.24. The van der Waals surface area contributed by atoms with Crippen LogP contribution < -0.4 is 0 Å². The van der Waals surface area contributed by atoms with E-state index in [-0.39, 0.29) is 25.8 Å². The summed E-state index contributed by atoms with van der Waals surface area (Å²) < 4.78 is 35.2. The van der Waals surface area contributed by atoms with Crippen LogP contribution in [0.2, 0.25) is 0 Å². The zero-order valence-corrected chi connectivity index (χ0v) is 46.8. The van der Waals surface area contributed by atoms with Crippen molar-refractivity contribution in [2.75, 3.05) is 54.1 Å². The Morgan fingerprint density at radius 1 is 0.437 bits per heavy atom. The fourth-order valence-electron chi connectivity index (χ4n) is 6.99. The first-order chi connectivity index (χ1) is 34.6. The van der Waals surface area contributed by atoms with Crippen LogP contribution in [0.4, 0.5) is 0 Å². The van der Waals surface area contributed by atoms with E-state index in [9.17, 15) is 14.3 Å². The van der Waals surface area contributed by atoms with Crippen molar-refractivity contribution in [1.29, 1.82) is 0 Å². The Hall–Kier alpha value is -3.36. The summed E-state index contributed by atoms with van der Waals surface area (Å²) in [4.78, 5) is 23.1. The number of ether oxygens (including phenoxy) is 2. The second-order valence-corrected chi connectivity index (χ2v) is 20.7. The van der Waals surface area contributed by atoms with E-state index in [1.807, 2.05) is 21.1 Å². The Kier molecular flexibility index (Phi) is 50.4. The van der Waals surface area contributed by atoms with E-state index in [0.29, 0.717) is 24.1 Å². The molecule has 0 fully saturated rings. The third-order valence-corrected chi connectivity index (χ3v) is 12.2. The Labute approximate surface area is 436 Å². The molecule has 0 saturated heterocycles. The number of esters is 1. The molecule has 0 amide bonds. The molecule has 2 atom stereocenters. The number of nitrogens with zero attached hydrogens (tertiary/aromatic N) is 1. The number of allylic oxidation sites excluding steroid dienone is 22. The minimum Gasteiger partial charge on any atom is -0.457 e. The minimum atomic E-state index is -4.30. The second kappa shape index (κ2) is 52.9. The third-order valence-electron chi connectivity index (χ3n) is 11.2. The molecule has 0 radical (unpaired) electrons. The highest BCUT2D eigenvalue weighted by molar-refractivity contribution is 7.47. The normalized spacial score (nSPS) is 14.5. The maximum atomic E-state index is 12.8. The van der Waals surface area contributed by atoms with Gasteiger partial charge in [0.1, 0.15) is 19.3 Å². The van der Waals surface area contributed by atoms with E-state index in [4.69, 9.17) is 18.5 Å². The number of rotatable bonds is 50. The van der Waals surface area contributed by atoms with E-state index in [1.165, 1.54) is 51.4 Å². The lowest BCUT2D eigenvalue weighted by Crippen LogP contribution is -2.37. The number of hydrogen-bond acceptors (Lipinski definition) is 6. The maximum absolute atomic E-state index is 12.8. The molecule has 0 aliphatic rings. The number of carbonyl (C=O) groups is 1. The van der Waals surface area contributed by atoms with E-state index >= 15 is 0 Å².